The molecule has 0 saturated heterocycles. The van der Waals surface area contributed by atoms with Crippen LogP contribution in [0.15, 0.2) is 42.6 Å². The Morgan fingerprint density at radius 3 is 2.68 bits per heavy atom. The number of nitrogens with zero attached hydrogens (tertiary/aromatic N) is 1. The first kappa shape index (κ1) is 14.0. The Balaban J connectivity index is 2.29. The van der Waals surface area contributed by atoms with Crippen LogP contribution >= 0.6 is 11.6 Å². The Labute approximate surface area is 117 Å². The van der Waals surface area contributed by atoms with Crippen LogP contribution in [0, 0.1) is 5.82 Å². The van der Waals surface area contributed by atoms with Crippen LogP contribution in [0.3, 0.4) is 0 Å². The van der Waals surface area contributed by atoms with Crippen molar-refractivity contribution in [2.75, 3.05) is 0 Å². The molecule has 0 aliphatic rings. The third-order valence-corrected chi connectivity index (χ3v) is 3.51. The second kappa shape index (κ2) is 5.68. The number of nitrogens with two attached hydrogens (primary N) is 1. The minimum atomic E-state index is -0.613. The van der Waals surface area contributed by atoms with Crippen molar-refractivity contribution in [3.63, 3.8) is 0 Å². The van der Waals surface area contributed by atoms with Crippen LogP contribution in [-0.2, 0) is 12.0 Å². The quantitative estimate of drug-likeness (QED) is 0.926. The summed E-state index contributed by atoms with van der Waals surface area (Å²) < 4.78 is 12.9. The lowest BCUT2D eigenvalue weighted by molar-refractivity contribution is 0.410. The standard InChI is InChI=1S/C15H16ClFN2/c1-2-15(18,14-7-6-13(17)10-19-14)9-11-4-3-5-12(16)8-11/h3-8,10H,2,9,18H2,1H3. The molecular formula is C15H16ClFN2. The van der Waals surface area contributed by atoms with Crippen molar-refractivity contribution >= 4 is 11.6 Å². The molecule has 100 valence electrons. The molecule has 0 fully saturated rings. The number of hydrogen-bond acceptors (Lipinski definition) is 2. The SMILES string of the molecule is CCC(N)(Cc1cccc(Cl)c1)c1ccc(F)cn1. The van der Waals surface area contributed by atoms with Crippen molar-refractivity contribution < 1.29 is 4.39 Å². The molecule has 1 aromatic carbocycles. The lowest BCUT2D eigenvalue weighted by Crippen LogP contribution is -2.39. The topological polar surface area (TPSA) is 38.9 Å². The molecule has 2 rings (SSSR count). The molecule has 0 amide bonds. The van der Waals surface area contributed by atoms with E-state index in [-0.39, 0.29) is 5.82 Å². The van der Waals surface area contributed by atoms with Crippen LogP contribution in [0.4, 0.5) is 4.39 Å². The first-order chi connectivity index (χ1) is 9.03. The summed E-state index contributed by atoms with van der Waals surface area (Å²) in [5.74, 6) is -0.357. The molecule has 0 aliphatic carbocycles. The summed E-state index contributed by atoms with van der Waals surface area (Å²) >= 11 is 5.98. The summed E-state index contributed by atoms with van der Waals surface area (Å²) in [5, 5.41) is 0.683. The first-order valence-electron chi connectivity index (χ1n) is 6.19. The Morgan fingerprint density at radius 2 is 2.11 bits per heavy atom. The molecule has 1 aromatic heterocycles. The maximum absolute atomic E-state index is 12.9. The van der Waals surface area contributed by atoms with E-state index in [9.17, 15) is 4.39 Å². The van der Waals surface area contributed by atoms with Crippen LogP contribution in [0.2, 0.25) is 5.02 Å². The van der Waals surface area contributed by atoms with E-state index in [1.165, 1.54) is 12.3 Å². The van der Waals surface area contributed by atoms with E-state index in [0.717, 1.165) is 5.56 Å². The van der Waals surface area contributed by atoms with Crippen molar-refractivity contribution in [2.24, 2.45) is 5.73 Å². The van der Waals surface area contributed by atoms with Crippen LogP contribution in [0.5, 0.6) is 0 Å². The molecule has 19 heavy (non-hydrogen) atoms. The van der Waals surface area contributed by atoms with Crippen molar-refractivity contribution in [2.45, 2.75) is 25.3 Å². The van der Waals surface area contributed by atoms with E-state index in [1.807, 2.05) is 31.2 Å². The predicted octanol–water partition coefficient (Wildman–Crippen LogP) is 3.68. The highest BCUT2D eigenvalue weighted by molar-refractivity contribution is 6.30. The predicted molar refractivity (Wildman–Crippen MR) is 75.5 cm³/mol. The highest BCUT2D eigenvalue weighted by atomic mass is 35.5. The molecule has 2 aromatic rings. The van der Waals surface area contributed by atoms with Gasteiger partial charge in [0.25, 0.3) is 0 Å². The van der Waals surface area contributed by atoms with Gasteiger partial charge in [-0.2, -0.15) is 0 Å². The van der Waals surface area contributed by atoms with Crippen molar-refractivity contribution in [1.82, 2.24) is 4.98 Å². The summed E-state index contributed by atoms with van der Waals surface area (Å²) in [7, 11) is 0. The minimum absolute atomic E-state index is 0.357. The average molecular weight is 279 g/mol. The van der Waals surface area contributed by atoms with E-state index in [4.69, 9.17) is 17.3 Å². The average Bonchev–Trinajstić information content (AvgIpc) is 2.39. The molecule has 2 nitrogen and oxygen atoms in total. The molecule has 0 bridgehead atoms. The summed E-state index contributed by atoms with van der Waals surface area (Å²) in [5.41, 5.74) is 7.55. The van der Waals surface area contributed by atoms with E-state index in [2.05, 4.69) is 4.98 Å². The highest BCUT2D eigenvalue weighted by Gasteiger charge is 2.27. The second-order valence-corrected chi connectivity index (χ2v) is 5.11. The first-order valence-corrected chi connectivity index (χ1v) is 6.56. The number of hydrogen-bond donors (Lipinski definition) is 1. The van der Waals surface area contributed by atoms with Crippen LogP contribution < -0.4 is 5.73 Å². The Bertz CT molecular complexity index is 556. The van der Waals surface area contributed by atoms with Gasteiger partial charge in [-0.3, -0.25) is 4.98 Å². The van der Waals surface area contributed by atoms with Gasteiger partial charge in [0.2, 0.25) is 0 Å². The molecule has 0 spiro atoms. The van der Waals surface area contributed by atoms with Gasteiger partial charge in [0.05, 0.1) is 17.4 Å². The molecule has 1 atom stereocenters. The van der Waals surface area contributed by atoms with Gasteiger partial charge in [-0.15, -0.1) is 0 Å². The summed E-state index contributed by atoms with van der Waals surface area (Å²) in [6, 6.07) is 10.6. The largest absolute Gasteiger partial charge is 0.320 e. The lowest BCUT2D eigenvalue weighted by Gasteiger charge is -2.27. The van der Waals surface area contributed by atoms with E-state index in [0.29, 0.717) is 23.6 Å². The normalized spacial score (nSPS) is 14.1. The highest BCUT2D eigenvalue weighted by Crippen LogP contribution is 2.26. The number of rotatable bonds is 4. The van der Waals surface area contributed by atoms with Crippen LogP contribution in [0.1, 0.15) is 24.6 Å². The van der Waals surface area contributed by atoms with Crippen molar-refractivity contribution in [3.05, 3.63) is 64.7 Å². The molecule has 2 N–H and O–H groups in total. The fraction of sp³-hybridized carbons (Fsp3) is 0.267. The summed E-state index contributed by atoms with van der Waals surface area (Å²) in [6.45, 7) is 2.00. The number of benzene rings is 1. The Hall–Kier alpha value is -1.45. The van der Waals surface area contributed by atoms with Crippen LogP contribution in [0.25, 0.3) is 0 Å². The van der Waals surface area contributed by atoms with E-state index in [1.54, 1.807) is 6.07 Å². The fourth-order valence-electron chi connectivity index (χ4n) is 2.08. The minimum Gasteiger partial charge on any atom is -0.320 e. The molecule has 1 heterocycles. The van der Waals surface area contributed by atoms with Gasteiger partial charge < -0.3 is 5.73 Å². The number of pyridine rings is 1. The monoisotopic (exact) mass is 278 g/mol. The Kier molecular flexibility index (Phi) is 4.17. The number of aromatic nitrogens is 1. The van der Waals surface area contributed by atoms with Gasteiger partial charge in [0, 0.05) is 5.02 Å². The zero-order valence-corrected chi connectivity index (χ0v) is 11.5. The van der Waals surface area contributed by atoms with Crippen molar-refractivity contribution in [3.8, 4) is 0 Å². The molecular weight excluding hydrogens is 263 g/mol. The van der Waals surface area contributed by atoms with Gasteiger partial charge in [0.1, 0.15) is 5.82 Å². The smallest absolute Gasteiger partial charge is 0.141 e. The van der Waals surface area contributed by atoms with Gasteiger partial charge in [0.15, 0.2) is 0 Å². The number of halogens is 2. The molecule has 1 unspecified atom stereocenters. The Morgan fingerprint density at radius 1 is 1.32 bits per heavy atom. The van der Waals surface area contributed by atoms with Gasteiger partial charge in [-0.25, -0.2) is 4.39 Å². The zero-order valence-electron chi connectivity index (χ0n) is 10.7. The van der Waals surface area contributed by atoms with E-state index < -0.39 is 5.54 Å². The summed E-state index contributed by atoms with van der Waals surface area (Å²) in [4.78, 5) is 4.11. The third-order valence-electron chi connectivity index (χ3n) is 3.28. The molecule has 0 saturated carbocycles. The molecule has 0 aliphatic heterocycles. The van der Waals surface area contributed by atoms with Gasteiger partial charge in [-0.1, -0.05) is 30.7 Å². The maximum Gasteiger partial charge on any atom is 0.141 e. The lowest BCUT2D eigenvalue weighted by atomic mass is 9.86. The van der Waals surface area contributed by atoms with Gasteiger partial charge >= 0.3 is 0 Å². The molecule has 0 radical (unpaired) electrons. The maximum atomic E-state index is 12.9. The second-order valence-electron chi connectivity index (χ2n) is 4.68. The third kappa shape index (κ3) is 3.31. The zero-order chi connectivity index (χ0) is 13.9. The molecule has 4 heteroatoms. The summed E-state index contributed by atoms with van der Waals surface area (Å²) in [6.07, 6.45) is 2.52. The van der Waals surface area contributed by atoms with Crippen molar-refractivity contribution in [1.29, 1.82) is 0 Å². The van der Waals surface area contributed by atoms with Crippen LogP contribution in [-0.4, -0.2) is 4.98 Å². The fourth-order valence-corrected chi connectivity index (χ4v) is 2.29. The van der Waals surface area contributed by atoms with E-state index >= 15 is 0 Å². The van der Waals surface area contributed by atoms with Gasteiger partial charge in [-0.05, 0) is 42.7 Å².